The van der Waals surface area contributed by atoms with Crippen LogP contribution in [0.2, 0.25) is 0 Å². The smallest absolute Gasteiger partial charge is 0.0223 e. The Hall–Kier alpha value is -0.0800. The molecule has 2 heterocycles. The first kappa shape index (κ1) is 9.17. The van der Waals surface area contributed by atoms with Gasteiger partial charge in [-0.3, -0.25) is 4.90 Å². The molecule has 0 N–H and O–H groups in total. The van der Waals surface area contributed by atoms with Gasteiger partial charge in [-0.2, -0.15) is 0 Å². The minimum absolute atomic E-state index is 0.913. The van der Waals surface area contributed by atoms with E-state index in [2.05, 4.69) is 9.80 Å². The standard InChI is InChI=1S/C12H22N2/c1-2-6-14-8-7-13(9-11-4-5-11)10-12(14)3-1/h11-12H,1-10H2. The molecule has 1 atom stereocenters. The van der Waals surface area contributed by atoms with Gasteiger partial charge in [0.15, 0.2) is 0 Å². The van der Waals surface area contributed by atoms with Crippen molar-refractivity contribution in [1.82, 2.24) is 9.80 Å². The quantitative estimate of drug-likeness (QED) is 0.658. The van der Waals surface area contributed by atoms with Crippen LogP contribution in [0, 0.1) is 5.92 Å². The van der Waals surface area contributed by atoms with Gasteiger partial charge in [0, 0.05) is 32.2 Å². The summed E-state index contributed by atoms with van der Waals surface area (Å²) in [4.78, 5) is 5.46. The highest BCUT2D eigenvalue weighted by Gasteiger charge is 2.31. The Morgan fingerprint density at radius 3 is 2.71 bits per heavy atom. The van der Waals surface area contributed by atoms with Gasteiger partial charge < -0.3 is 4.90 Å². The molecule has 2 saturated heterocycles. The van der Waals surface area contributed by atoms with Crippen LogP contribution in [-0.2, 0) is 0 Å². The van der Waals surface area contributed by atoms with E-state index in [0.717, 1.165) is 12.0 Å². The van der Waals surface area contributed by atoms with E-state index >= 15 is 0 Å². The minimum Gasteiger partial charge on any atom is -0.300 e. The molecule has 1 aliphatic carbocycles. The predicted octanol–water partition coefficient (Wildman–Crippen LogP) is 1.57. The minimum atomic E-state index is 0.913. The lowest BCUT2D eigenvalue weighted by Gasteiger charge is -2.44. The van der Waals surface area contributed by atoms with Crippen molar-refractivity contribution in [3.05, 3.63) is 0 Å². The SMILES string of the molecule is C1CCN2CCN(CC3CC3)CC2C1. The molecule has 1 saturated carbocycles. The van der Waals surface area contributed by atoms with Gasteiger partial charge in [0.05, 0.1) is 0 Å². The van der Waals surface area contributed by atoms with Crippen LogP contribution < -0.4 is 0 Å². The summed E-state index contributed by atoms with van der Waals surface area (Å²) in [7, 11) is 0. The Morgan fingerprint density at radius 2 is 1.86 bits per heavy atom. The topological polar surface area (TPSA) is 6.48 Å². The second kappa shape index (κ2) is 3.82. The molecule has 3 fully saturated rings. The van der Waals surface area contributed by atoms with Crippen LogP contribution in [0.3, 0.4) is 0 Å². The highest BCUT2D eigenvalue weighted by Crippen LogP contribution is 2.31. The van der Waals surface area contributed by atoms with Crippen molar-refractivity contribution in [3.63, 3.8) is 0 Å². The summed E-state index contributed by atoms with van der Waals surface area (Å²) in [6.45, 7) is 6.84. The first-order valence-corrected chi connectivity index (χ1v) is 6.38. The molecule has 0 amide bonds. The van der Waals surface area contributed by atoms with Crippen molar-refractivity contribution >= 4 is 0 Å². The molecule has 1 unspecified atom stereocenters. The summed E-state index contributed by atoms with van der Waals surface area (Å²) in [5, 5.41) is 0. The molecule has 80 valence electrons. The fraction of sp³-hybridized carbons (Fsp3) is 1.00. The Kier molecular flexibility index (Phi) is 2.50. The van der Waals surface area contributed by atoms with Crippen LogP contribution in [0.25, 0.3) is 0 Å². The van der Waals surface area contributed by atoms with E-state index in [0.29, 0.717) is 0 Å². The molecular weight excluding hydrogens is 172 g/mol. The van der Waals surface area contributed by atoms with E-state index < -0.39 is 0 Å². The zero-order valence-electron chi connectivity index (χ0n) is 9.12. The number of fused-ring (bicyclic) bond motifs is 1. The molecule has 0 bridgehead atoms. The zero-order chi connectivity index (χ0) is 9.38. The Morgan fingerprint density at radius 1 is 0.929 bits per heavy atom. The maximum atomic E-state index is 2.73. The molecule has 2 heteroatoms. The van der Waals surface area contributed by atoms with Gasteiger partial charge in [-0.15, -0.1) is 0 Å². The Labute approximate surface area is 87.3 Å². The molecule has 14 heavy (non-hydrogen) atoms. The lowest BCUT2D eigenvalue weighted by Crippen LogP contribution is -2.55. The Bertz CT molecular complexity index is 200. The zero-order valence-corrected chi connectivity index (χ0v) is 9.12. The highest BCUT2D eigenvalue weighted by molar-refractivity contribution is 4.87. The summed E-state index contributed by atoms with van der Waals surface area (Å²) in [5.41, 5.74) is 0. The van der Waals surface area contributed by atoms with Crippen molar-refractivity contribution < 1.29 is 0 Å². The second-order valence-corrected chi connectivity index (χ2v) is 5.39. The van der Waals surface area contributed by atoms with Gasteiger partial charge in [-0.1, -0.05) is 6.42 Å². The first-order chi connectivity index (χ1) is 6.92. The van der Waals surface area contributed by atoms with Gasteiger partial charge in [-0.25, -0.2) is 0 Å². The van der Waals surface area contributed by atoms with Crippen molar-refractivity contribution in [2.45, 2.75) is 38.1 Å². The van der Waals surface area contributed by atoms with Gasteiger partial charge in [0.2, 0.25) is 0 Å². The molecule has 0 spiro atoms. The number of piperidine rings is 1. The van der Waals surface area contributed by atoms with Gasteiger partial charge >= 0.3 is 0 Å². The summed E-state index contributed by atoms with van der Waals surface area (Å²) >= 11 is 0. The molecule has 2 nitrogen and oxygen atoms in total. The largest absolute Gasteiger partial charge is 0.300 e. The summed E-state index contributed by atoms with van der Waals surface area (Å²) in [6, 6.07) is 0.913. The normalized spacial score (nSPS) is 35.6. The molecule has 0 radical (unpaired) electrons. The lowest BCUT2D eigenvalue weighted by atomic mass is 9.99. The Balaban J connectivity index is 1.53. The third-order valence-corrected chi connectivity index (χ3v) is 4.13. The van der Waals surface area contributed by atoms with Crippen LogP contribution in [-0.4, -0.2) is 48.6 Å². The van der Waals surface area contributed by atoms with Crippen molar-refractivity contribution in [2.24, 2.45) is 5.92 Å². The van der Waals surface area contributed by atoms with E-state index in [1.54, 1.807) is 0 Å². The van der Waals surface area contributed by atoms with E-state index in [-0.39, 0.29) is 0 Å². The highest BCUT2D eigenvalue weighted by atomic mass is 15.3. The second-order valence-electron chi connectivity index (χ2n) is 5.39. The van der Waals surface area contributed by atoms with Crippen LogP contribution in [0.4, 0.5) is 0 Å². The van der Waals surface area contributed by atoms with E-state index in [1.165, 1.54) is 64.8 Å². The van der Waals surface area contributed by atoms with Crippen LogP contribution in [0.5, 0.6) is 0 Å². The first-order valence-electron chi connectivity index (χ1n) is 6.38. The molecule has 0 aromatic carbocycles. The fourth-order valence-electron chi connectivity index (χ4n) is 3.05. The lowest BCUT2D eigenvalue weighted by molar-refractivity contribution is 0.0473. The number of rotatable bonds is 2. The van der Waals surface area contributed by atoms with E-state index in [1.807, 2.05) is 0 Å². The summed E-state index contributed by atoms with van der Waals surface area (Å²) < 4.78 is 0. The van der Waals surface area contributed by atoms with Crippen LogP contribution in [0.1, 0.15) is 32.1 Å². The molecule has 3 rings (SSSR count). The van der Waals surface area contributed by atoms with Crippen LogP contribution >= 0.6 is 0 Å². The van der Waals surface area contributed by atoms with Crippen molar-refractivity contribution in [2.75, 3.05) is 32.7 Å². The maximum absolute atomic E-state index is 2.73. The number of piperazine rings is 1. The number of hydrogen-bond donors (Lipinski definition) is 0. The molecular formula is C12H22N2. The summed E-state index contributed by atoms with van der Waals surface area (Å²) in [5.74, 6) is 1.07. The monoisotopic (exact) mass is 194 g/mol. The van der Waals surface area contributed by atoms with Gasteiger partial charge in [-0.05, 0) is 38.1 Å². The molecule has 3 aliphatic rings. The van der Waals surface area contributed by atoms with Gasteiger partial charge in [0.1, 0.15) is 0 Å². The average molecular weight is 194 g/mol. The fourth-order valence-corrected chi connectivity index (χ4v) is 3.05. The maximum Gasteiger partial charge on any atom is 0.0223 e. The van der Waals surface area contributed by atoms with Crippen molar-refractivity contribution in [3.8, 4) is 0 Å². The van der Waals surface area contributed by atoms with Gasteiger partial charge in [0.25, 0.3) is 0 Å². The summed E-state index contributed by atoms with van der Waals surface area (Å²) in [6.07, 6.45) is 7.38. The number of nitrogens with zero attached hydrogens (tertiary/aromatic N) is 2. The average Bonchev–Trinajstić information content (AvgIpc) is 3.02. The molecule has 0 aromatic rings. The third-order valence-electron chi connectivity index (χ3n) is 4.13. The predicted molar refractivity (Wildman–Crippen MR) is 58.4 cm³/mol. The van der Waals surface area contributed by atoms with E-state index in [9.17, 15) is 0 Å². The number of hydrogen-bond acceptors (Lipinski definition) is 2. The van der Waals surface area contributed by atoms with Crippen molar-refractivity contribution in [1.29, 1.82) is 0 Å². The van der Waals surface area contributed by atoms with E-state index in [4.69, 9.17) is 0 Å². The third kappa shape index (κ3) is 1.96. The molecule has 2 aliphatic heterocycles. The van der Waals surface area contributed by atoms with Crippen LogP contribution in [0.15, 0.2) is 0 Å². The molecule has 0 aromatic heterocycles.